The van der Waals surface area contributed by atoms with Gasteiger partial charge in [0.2, 0.25) is 0 Å². The summed E-state index contributed by atoms with van der Waals surface area (Å²) in [5, 5.41) is 9.53. The van der Waals surface area contributed by atoms with E-state index in [-0.39, 0.29) is 12.6 Å². The van der Waals surface area contributed by atoms with Crippen molar-refractivity contribution in [3.05, 3.63) is 0 Å². The van der Waals surface area contributed by atoms with Crippen LogP contribution in [0.4, 0.5) is 0 Å². The first-order valence-corrected chi connectivity index (χ1v) is 18.6. The van der Waals surface area contributed by atoms with Gasteiger partial charge < -0.3 is 14.6 Å². The second-order valence-electron chi connectivity index (χ2n) is 12.7. The Morgan fingerprint density at radius 2 is 0.805 bits per heavy atom. The summed E-state index contributed by atoms with van der Waals surface area (Å²) in [4.78, 5) is 12.1. The molecule has 0 aliphatic carbocycles. The van der Waals surface area contributed by atoms with Crippen LogP contribution < -0.4 is 0 Å². The summed E-state index contributed by atoms with van der Waals surface area (Å²) in [7, 11) is 0. The van der Waals surface area contributed by atoms with Gasteiger partial charge >= 0.3 is 5.97 Å². The summed E-state index contributed by atoms with van der Waals surface area (Å²) in [5.41, 5.74) is 0. The van der Waals surface area contributed by atoms with Crippen LogP contribution in [0.3, 0.4) is 0 Å². The highest BCUT2D eigenvalue weighted by molar-refractivity contribution is 5.69. The Morgan fingerprint density at radius 3 is 1.15 bits per heavy atom. The van der Waals surface area contributed by atoms with E-state index < -0.39 is 6.10 Å². The van der Waals surface area contributed by atoms with E-state index in [0.29, 0.717) is 19.6 Å². The van der Waals surface area contributed by atoms with Gasteiger partial charge in [0.1, 0.15) is 6.10 Å². The predicted molar refractivity (Wildman–Crippen MR) is 178 cm³/mol. The number of esters is 1. The van der Waals surface area contributed by atoms with E-state index in [9.17, 15) is 9.90 Å². The number of hydrogen-bond acceptors (Lipinski definition) is 4. The fraction of sp³-hybridized carbons (Fsp3) is 0.973. The summed E-state index contributed by atoms with van der Waals surface area (Å²) >= 11 is 0. The molecule has 0 fully saturated rings. The zero-order valence-electron chi connectivity index (χ0n) is 28.1. The van der Waals surface area contributed by atoms with Crippen LogP contribution in [-0.4, -0.2) is 37.0 Å². The first-order valence-electron chi connectivity index (χ1n) is 18.6. The maximum Gasteiger partial charge on any atom is 0.306 e. The molecule has 4 heteroatoms. The van der Waals surface area contributed by atoms with E-state index >= 15 is 0 Å². The van der Waals surface area contributed by atoms with Crippen molar-refractivity contribution in [1.82, 2.24) is 0 Å². The lowest BCUT2D eigenvalue weighted by molar-refractivity contribution is -0.154. The average Bonchev–Trinajstić information content (AvgIpc) is 2.98. The Hall–Kier alpha value is -0.610. The largest absolute Gasteiger partial charge is 0.457 e. The molecule has 0 spiro atoms. The minimum Gasteiger partial charge on any atom is -0.457 e. The number of carbonyl (C=O) groups excluding carboxylic acids is 1. The van der Waals surface area contributed by atoms with Gasteiger partial charge in [-0.3, -0.25) is 4.79 Å². The predicted octanol–water partition coefficient (Wildman–Crippen LogP) is 11.6. The Bertz CT molecular complexity index is 495. The van der Waals surface area contributed by atoms with Crippen LogP contribution in [0.15, 0.2) is 0 Å². The number of aliphatic hydroxyl groups is 1. The highest BCUT2D eigenvalue weighted by Crippen LogP contribution is 2.15. The normalized spacial score (nSPS) is 12.2. The van der Waals surface area contributed by atoms with Gasteiger partial charge in [-0.2, -0.15) is 0 Å². The molecule has 0 aromatic carbocycles. The molecule has 0 heterocycles. The molecule has 0 aromatic rings. The molecule has 0 saturated heterocycles. The van der Waals surface area contributed by atoms with E-state index in [1.165, 1.54) is 167 Å². The Kier molecular flexibility index (Phi) is 35.1. The van der Waals surface area contributed by atoms with Crippen molar-refractivity contribution in [3.63, 3.8) is 0 Å². The van der Waals surface area contributed by atoms with E-state index in [1.807, 2.05) is 0 Å². The maximum absolute atomic E-state index is 12.1. The van der Waals surface area contributed by atoms with Crippen LogP contribution in [0.1, 0.15) is 206 Å². The quantitative estimate of drug-likeness (QED) is 0.0596. The molecule has 246 valence electrons. The van der Waals surface area contributed by atoms with Crippen LogP contribution in [0.25, 0.3) is 0 Å². The average molecular weight is 583 g/mol. The van der Waals surface area contributed by atoms with Crippen molar-refractivity contribution in [2.24, 2.45) is 0 Å². The zero-order valence-corrected chi connectivity index (χ0v) is 28.1. The number of ether oxygens (including phenoxy) is 2. The van der Waals surface area contributed by atoms with Gasteiger partial charge in [0.15, 0.2) is 0 Å². The van der Waals surface area contributed by atoms with Crippen molar-refractivity contribution >= 4 is 5.97 Å². The van der Waals surface area contributed by atoms with Gasteiger partial charge in [0.05, 0.1) is 13.2 Å². The van der Waals surface area contributed by atoms with E-state index in [1.54, 1.807) is 0 Å². The molecular formula is C37H74O4. The van der Waals surface area contributed by atoms with Crippen molar-refractivity contribution in [1.29, 1.82) is 0 Å². The molecule has 0 bridgehead atoms. The molecule has 0 radical (unpaired) electrons. The van der Waals surface area contributed by atoms with Gasteiger partial charge in [-0.15, -0.1) is 0 Å². The molecule has 41 heavy (non-hydrogen) atoms. The zero-order chi connectivity index (χ0) is 29.9. The third kappa shape index (κ3) is 33.8. The molecule has 0 rings (SSSR count). The molecular weight excluding hydrogens is 508 g/mol. The number of carbonyl (C=O) groups is 1. The first kappa shape index (κ1) is 40.4. The lowest BCUT2D eigenvalue weighted by Crippen LogP contribution is -2.27. The molecule has 0 aliphatic heterocycles. The Morgan fingerprint density at radius 1 is 0.488 bits per heavy atom. The maximum atomic E-state index is 12.1. The monoisotopic (exact) mass is 583 g/mol. The van der Waals surface area contributed by atoms with Crippen LogP contribution >= 0.6 is 0 Å². The summed E-state index contributed by atoms with van der Waals surface area (Å²) in [6.07, 6.45) is 38.6. The minimum absolute atomic E-state index is 0.164. The summed E-state index contributed by atoms with van der Waals surface area (Å²) in [5.74, 6) is -0.198. The number of hydrogen-bond donors (Lipinski definition) is 1. The van der Waals surface area contributed by atoms with Gasteiger partial charge in [-0.1, -0.05) is 187 Å². The highest BCUT2D eigenvalue weighted by atomic mass is 16.6. The molecule has 4 nitrogen and oxygen atoms in total. The number of rotatable bonds is 35. The molecule has 0 aliphatic rings. The third-order valence-electron chi connectivity index (χ3n) is 8.43. The lowest BCUT2D eigenvalue weighted by Gasteiger charge is -2.16. The fourth-order valence-electron chi connectivity index (χ4n) is 5.62. The van der Waals surface area contributed by atoms with E-state index in [4.69, 9.17) is 9.47 Å². The lowest BCUT2D eigenvalue weighted by atomic mass is 10.0. The van der Waals surface area contributed by atoms with Gasteiger partial charge in [0.25, 0.3) is 0 Å². The SMILES string of the molecule is CCCCCCCCCCCCCCCCCCCCCOCC(CO)OC(=O)CCCCCCCCCCCC. The highest BCUT2D eigenvalue weighted by Gasteiger charge is 2.13. The van der Waals surface area contributed by atoms with E-state index in [2.05, 4.69) is 13.8 Å². The van der Waals surface area contributed by atoms with Crippen molar-refractivity contribution < 1.29 is 19.4 Å². The topological polar surface area (TPSA) is 55.8 Å². The minimum atomic E-state index is -0.522. The molecule has 1 atom stereocenters. The summed E-state index contributed by atoms with van der Waals surface area (Å²) < 4.78 is 11.1. The molecule has 1 N–H and O–H groups in total. The number of unbranched alkanes of at least 4 members (excludes halogenated alkanes) is 27. The van der Waals surface area contributed by atoms with Crippen LogP contribution in [0, 0.1) is 0 Å². The van der Waals surface area contributed by atoms with Crippen LogP contribution in [0.5, 0.6) is 0 Å². The van der Waals surface area contributed by atoms with Gasteiger partial charge in [-0.05, 0) is 12.8 Å². The second kappa shape index (κ2) is 35.6. The summed E-state index contributed by atoms with van der Waals surface area (Å²) in [6, 6.07) is 0. The van der Waals surface area contributed by atoms with Crippen molar-refractivity contribution in [3.8, 4) is 0 Å². The summed E-state index contributed by atoms with van der Waals surface area (Å²) in [6.45, 7) is 5.37. The Balaban J connectivity index is 3.34. The molecule has 0 saturated carbocycles. The number of aliphatic hydroxyl groups excluding tert-OH is 1. The van der Waals surface area contributed by atoms with Crippen LogP contribution in [-0.2, 0) is 14.3 Å². The fourth-order valence-corrected chi connectivity index (χ4v) is 5.62. The third-order valence-corrected chi connectivity index (χ3v) is 8.43. The second-order valence-corrected chi connectivity index (χ2v) is 12.7. The van der Waals surface area contributed by atoms with Gasteiger partial charge in [0, 0.05) is 13.0 Å². The van der Waals surface area contributed by atoms with E-state index in [0.717, 1.165) is 19.3 Å². The first-order chi connectivity index (χ1) is 20.2. The molecule has 0 amide bonds. The van der Waals surface area contributed by atoms with Gasteiger partial charge in [-0.25, -0.2) is 0 Å². The smallest absolute Gasteiger partial charge is 0.306 e. The van der Waals surface area contributed by atoms with Crippen molar-refractivity contribution in [2.45, 2.75) is 213 Å². The van der Waals surface area contributed by atoms with Crippen molar-refractivity contribution in [2.75, 3.05) is 19.8 Å². The standard InChI is InChI=1S/C37H74O4/c1-3-5-7-9-11-13-15-16-17-18-19-20-21-22-23-25-27-29-31-33-40-35-36(34-38)41-37(39)32-30-28-26-24-14-12-10-8-6-4-2/h36,38H,3-35H2,1-2H3. The molecule has 0 aromatic heterocycles. The van der Waals surface area contributed by atoms with Crippen LogP contribution in [0.2, 0.25) is 0 Å². The Labute approximate surface area is 257 Å². The molecule has 1 unspecified atom stereocenters.